The monoisotopic (exact) mass is 257 g/mol. The Morgan fingerprint density at radius 2 is 2.17 bits per heavy atom. The summed E-state index contributed by atoms with van der Waals surface area (Å²) >= 11 is 0. The van der Waals surface area contributed by atoms with Crippen molar-refractivity contribution in [1.82, 2.24) is 15.5 Å². The topological polar surface area (TPSA) is 62.8 Å². The quantitative estimate of drug-likeness (QED) is 0.687. The van der Waals surface area contributed by atoms with Gasteiger partial charge in [0.25, 0.3) is 0 Å². The number of nitrogens with zero attached hydrogens (tertiary/aromatic N) is 1. The second-order valence-corrected chi connectivity index (χ2v) is 5.28. The molecular formula is C12H23N3O3. The van der Waals surface area contributed by atoms with Crippen molar-refractivity contribution in [3.63, 3.8) is 0 Å². The molecule has 2 fully saturated rings. The second-order valence-electron chi connectivity index (χ2n) is 5.28. The van der Waals surface area contributed by atoms with Gasteiger partial charge in [-0.15, -0.1) is 0 Å². The van der Waals surface area contributed by atoms with Crippen LogP contribution in [0.25, 0.3) is 0 Å². The molecule has 6 heteroatoms. The van der Waals surface area contributed by atoms with Gasteiger partial charge in [-0.2, -0.15) is 0 Å². The van der Waals surface area contributed by atoms with Crippen LogP contribution in [0.15, 0.2) is 0 Å². The summed E-state index contributed by atoms with van der Waals surface area (Å²) in [5.74, 6) is -0.460. The van der Waals surface area contributed by atoms with Crippen LogP contribution in [-0.2, 0) is 14.3 Å². The van der Waals surface area contributed by atoms with E-state index in [1.165, 1.54) is 0 Å². The van der Waals surface area contributed by atoms with Gasteiger partial charge in [-0.3, -0.25) is 9.69 Å². The van der Waals surface area contributed by atoms with Gasteiger partial charge < -0.3 is 20.1 Å². The molecule has 2 rings (SSSR count). The van der Waals surface area contributed by atoms with Crippen LogP contribution in [0.2, 0.25) is 0 Å². The normalized spacial score (nSPS) is 28.2. The van der Waals surface area contributed by atoms with Crippen LogP contribution in [0.5, 0.6) is 0 Å². The molecule has 18 heavy (non-hydrogen) atoms. The lowest BCUT2D eigenvalue weighted by atomic mass is 10.3. The highest BCUT2D eigenvalue weighted by atomic mass is 16.7. The third-order valence-electron chi connectivity index (χ3n) is 3.17. The number of rotatable bonds is 4. The van der Waals surface area contributed by atoms with Gasteiger partial charge >= 0.3 is 0 Å². The van der Waals surface area contributed by atoms with Crippen molar-refractivity contribution in [3.8, 4) is 0 Å². The van der Waals surface area contributed by atoms with Crippen molar-refractivity contribution in [2.45, 2.75) is 25.7 Å². The van der Waals surface area contributed by atoms with Crippen LogP contribution in [0, 0.1) is 0 Å². The van der Waals surface area contributed by atoms with E-state index in [1.807, 2.05) is 13.8 Å². The molecule has 0 radical (unpaired) electrons. The first-order chi connectivity index (χ1) is 8.55. The maximum Gasteiger partial charge on any atom is 0.234 e. The summed E-state index contributed by atoms with van der Waals surface area (Å²) in [6, 6.07) is 0. The lowest BCUT2D eigenvalue weighted by Gasteiger charge is -2.26. The number of carbonyl (C=O) groups is 1. The van der Waals surface area contributed by atoms with Crippen LogP contribution in [0.1, 0.15) is 13.8 Å². The van der Waals surface area contributed by atoms with E-state index in [2.05, 4.69) is 15.5 Å². The van der Waals surface area contributed by atoms with Crippen molar-refractivity contribution in [1.29, 1.82) is 0 Å². The molecule has 2 aliphatic heterocycles. The number of piperazine rings is 1. The Kier molecular flexibility index (Phi) is 4.55. The lowest BCUT2D eigenvalue weighted by Crippen LogP contribution is -2.48. The van der Waals surface area contributed by atoms with E-state index < -0.39 is 5.79 Å². The molecule has 0 aromatic carbocycles. The molecule has 2 saturated heterocycles. The van der Waals surface area contributed by atoms with Gasteiger partial charge in [0.1, 0.15) is 6.10 Å². The predicted octanol–water partition coefficient (Wildman–Crippen LogP) is -0.841. The minimum Gasteiger partial charge on any atom is -0.352 e. The highest BCUT2D eigenvalue weighted by Gasteiger charge is 2.32. The fourth-order valence-electron chi connectivity index (χ4n) is 2.22. The average molecular weight is 257 g/mol. The standard InChI is InChI=1S/C12H23N3O3/c1-12(2)17-9-10(18-12)7-14-11(16)8-15-5-3-13-4-6-15/h10,13H,3-9H2,1-2H3,(H,14,16). The molecule has 0 aliphatic carbocycles. The summed E-state index contributed by atoms with van der Waals surface area (Å²) in [5.41, 5.74) is 0. The fourth-order valence-corrected chi connectivity index (χ4v) is 2.22. The third-order valence-corrected chi connectivity index (χ3v) is 3.17. The maximum atomic E-state index is 11.8. The third kappa shape index (κ3) is 4.20. The molecule has 1 atom stereocenters. The van der Waals surface area contributed by atoms with Gasteiger partial charge in [-0.25, -0.2) is 0 Å². The molecule has 2 aliphatic rings. The Labute approximate surface area is 108 Å². The number of nitrogens with one attached hydrogen (secondary N) is 2. The van der Waals surface area contributed by atoms with Crippen molar-refractivity contribution in [2.75, 3.05) is 45.9 Å². The van der Waals surface area contributed by atoms with E-state index >= 15 is 0 Å². The average Bonchev–Trinajstić information content (AvgIpc) is 2.68. The smallest absolute Gasteiger partial charge is 0.234 e. The summed E-state index contributed by atoms with van der Waals surface area (Å²) in [6.07, 6.45) is -0.0352. The molecule has 0 aromatic heterocycles. The van der Waals surface area contributed by atoms with E-state index in [1.54, 1.807) is 0 Å². The minimum absolute atomic E-state index is 0.0352. The lowest BCUT2D eigenvalue weighted by molar-refractivity contribution is -0.139. The molecule has 1 unspecified atom stereocenters. The van der Waals surface area contributed by atoms with Crippen LogP contribution >= 0.6 is 0 Å². The summed E-state index contributed by atoms with van der Waals surface area (Å²) in [7, 11) is 0. The first kappa shape index (κ1) is 13.7. The largest absolute Gasteiger partial charge is 0.352 e. The molecule has 104 valence electrons. The first-order valence-corrected chi connectivity index (χ1v) is 6.57. The van der Waals surface area contributed by atoms with Gasteiger partial charge in [-0.05, 0) is 13.8 Å². The highest BCUT2D eigenvalue weighted by Crippen LogP contribution is 2.21. The van der Waals surface area contributed by atoms with Gasteiger partial charge in [0.15, 0.2) is 5.79 Å². The number of hydrogen-bond acceptors (Lipinski definition) is 5. The van der Waals surface area contributed by atoms with Gasteiger partial charge in [0, 0.05) is 32.7 Å². The van der Waals surface area contributed by atoms with Crippen LogP contribution in [-0.4, -0.2) is 68.6 Å². The Morgan fingerprint density at radius 3 is 2.78 bits per heavy atom. The van der Waals surface area contributed by atoms with E-state index in [-0.39, 0.29) is 12.0 Å². The molecule has 2 heterocycles. The zero-order valence-electron chi connectivity index (χ0n) is 11.2. The number of hydrogen-bond donors (Lipinski definition) is 2. The molecule has 0 saturated carbocycles. The van der Waals surface area contributed by atoms with E-state index in [0.29, 0.717) is 19.7 Å². The van der Waals surface area contributed by atoms with Crippen molar-refractivity contribution in [2.24, 2.45) is 0 Å². The molecule has 0 bridgehead atoms. The zero-order valence-corrected chi connectivity index (χ0v) is 11.2. The summed E-state index contributed by atoms with van der Waals surface area (Å²) < 4.78 is 11.1. The molecular weight excluding hydrogens is 234 g/mol. The molecule has 0 spiro atoms. The summed E-state index contributed by atoms with van der Waals surface area (Å²) in [5, 5.41) is 6.17. The van der Waals surface area contributed by atoms with Crippen molar-refractivity contribution < 1.29 is 14.3 Å². The summed E-state index contributed by atoms with van der Waals surface area (Å²) in [4.78, 5) is 13.9. The van der Waals surface area contributed by atoms with Crippen LogP contribution in [0.4, 0.5) is 0 Å². The molecule has 1 amide bonds. The van der Waals surface area contributed by atoms with E-state index in [0.717, 1.165) is 26.2 Å². The predicted molar refractivity (Wildman–Crippen MR) is 67.2 cm³/mol. The molecule has 6 nitrogen and oxygen atoms in total. The summed E-state index contributed by atoms with van der Waals surface area (Å²) in [6.45, 7) is 9.09. The number of carbonyl (C=O) groups excluding carboxylic acids is 1. The first-order valence-electron chi connectivity index (χ1n) is 6.57. The fraction of sp³-hybridized carbons (Fsp3) is 0.917. The van der Waals surface area contributed by atoms with Crippen LogP contribution < -0.4 is 10.6 Å². The van der Waals surface area contributed by atoms with Gasteiger partial charge in [0.05, 0.1) is 13.2 Å². The Hall–Kier alpha value is -0.690. The van der Waals surface area contributed by atoms with Crippen molar-refractivity contribution >= 4 is 5.91 Å². The second kappa shape index (κ2) is 5.97. The van der Waals surface area contributed by atoms with Gasteiger partial charge in [-0.1, -0.05) is 0 Å². The van der Waals surface area contributed by atoms with E-state index in [4.69, 9.17) is 9.47 Å². The molecule has 2 N–H and O–H groups in total. The number of ether oxygens (including phenoxy) is 2. The van der Waals surface area contributed by atoms with Gasteiger partial charge in [0.2, 0.25) is 5.91 Å². The number of amides is 1. The highest BCUT2D eigenvalue weighted by molar-refractivity contribution is 5.78. The molecule has 0 aromatic rings. The maximum absolute atomic E-state index is 11.8. The minimum atomic E-state index is -0.520. The van der Waals surface area contributed by atoms with Crippen molar-refractivity contribution in [3.05, 3.63) is 0 Å². The zero-order chi connectivity index (χ0) is 13.0. The van der Waals surface area contributed by atoms with Crippen LogP contribution in [0.3, 0.4) is 0 Å². The SMILES string of the molecule is CC1(C)OCC(CNC(=O)CN2CCNCC2)O1. The van der Waals surface area contributed by atoms with E-state index in [9.17, 15) is 4.79 Å². The Morgan fingerprint density at radius 1 is 1.44 bits per heavy atom. The Bertz CT molecular complexity index is 290. The Balaban J connectivity index is 1.63.